The molecule has 1 aromatic rings. The standard InChI is InChI=1S/C12H18FNO/c1-9(14-3)8-10(2)15-12-6-4-11(13)5-7-12/h4-7,9-10,14H,8H2,1-3H3. The highest BCUT2D eigenvalue weighted by Gasteiger charge is 2.08. The molecule has 2 unspecified atom stereocenters. The Bertz CT molecular complexity index is 286. The first-order valence-electron chi connectivity index (χ1n) is 5.21. The molecule has 0 bridgehead atoms. The van der Waals surface area contributed by atoms with Crippen LogP contribution < -0.4 is 10.1 Å². The van der Waals surface area contributed by atoms with Crippen LogP contribution in [0.5, 0.6) is 5.75 Å². The molecule has 0 saturated carbocycles. The fourth-order valence-corrected chi connectivity index (χ4v) is 1.41. The molecule has 2 nitrogen and oxygen atoms in total. The molecule has 0 aliphatic rings. The normalized spacial score (nSPS) is 14.7. The van der Waals surface area contributed by atoms with E-state index in [1.807, 2.05) is 14.0 Å². The molecule has 3 heteroatoms. The molecule has 1 rings (SSSR count). The van der Waals surface area contributed by atoms with Gasteiger partial charge in [0.1, 0.15) is 11.6 Å². The molecule has 84 valence electrons. The van der Waals surface area contributed by atoms with Gasteiger partial charge in [0.15, 0.2) is 0 Å². The minimum absolute atomic E-state index is 0.123. The Kier molecular flexibility index (Phi) is 4.56. The average molecular weight is 211 g/mol. The number of hydrogen-bond acceptors (Lipinski definition) is 2. The van der Waals surface area contributed by atoms with Crippen LogP contribution in [0.25, 0.3) is 0 Å². The van der Waals surface area contributed by atoms with E-state index in [-0.39, 0.29) is 11.9 Å². The second-order valence-corrected chi connectivity index (χ2v) is 3.81. The third kappa shape index (κ3) is 4.30. The van der Waals surface area contributed by atoms with Crippen LogP contribution >= 0.6 is 0 Å². The van der Waals surface area contributed by atoms with Crippen molar-refractivity contribution in [3.63, 3.8) is 0 Å². The summed E-state index contributed by atoms with van der Waals surface area (Å²) in [6, 6.07) is 6.53. The number of halogens is 1. The van der Waals surface area contributed by atoms with Crippen LogP contribution in [0.1, 0.15) is 20.3 Å². The van der Waals surface area contributed by atoms with E-state index in [1.54, 1.807) is 12.1 Å². The van der Waals surface area contributed by atoms with Gasteiger partial charge in [0.25, 0.3) is 0 Å². The zero-order valence-corrected chi connectivity index (χ0v) is 9.46. The van der Waals surface area contributed by atoms with Gasteiger partial charge in [0.2, 0.25) is 0 Å². The Morgan fingerprint density at radius 2 is 1.87 bits per heavy atom. The van der Waals surface area contributed by atoms with E-state index in [1.165, 1.54) is 12.1 Å². The molecule has 1 aromatic carbocycles. The van der Waals surface area contributed by atoms with Crippen molar-refractivity contribution >= 4 is 0 Å². The lowest BCUT2D eigenvalue weighted by molar-refractivity contribution is 0.197. The number of ether oxygens (including phenoxy) is 1. The van der Waals surface area contributed by atoms with Crippen LogP contribution in [-0.2, 0) is 0 Å². The highest BCUT2D eigenvalue weighted by molar-refractivity contribution is 5.22. The van der Waals surface area contributed by atoms with Crippen molar-refractivity contribution in [2.45, 2.75) is 32.4 Å². The third-order valence-electron chi connectivity index (χ3n) is 2.33. The van der Waals surface area contributed by atoms with Crippen molar-refractivity contribution in [1.29, 1.82) is 0 Å². The molecule has 0 amide bonds. The fourth-order valence-electron chi connectivity index (χ4n) is 1.41. The summed E-state index contributed by atoms with van der Waals surface area (Å²) in [4.78, 5) is 0. The summed E-state index contributed by atoms with van der Waals surface area (Å²) in [5, 5.41) is 3.15. The van der Waals surface area contributed by atoms with E-state index < -0.39 is 0 Å². The molecular weight excluding hydrogens is 193 g/mol. The molecule has 0 saturated heterocycles. The average Bonchev–Trinajstić information content (AvgIpc) is 2.21. The molecule has 0 radical (unpaired) electrons. The molecule has 0 spiro atoms. The minimum Gasteiger partial charge on any atom is -0.491 e. The number of rotatable bonds is 5. The SMILES string of the molecule is CNC(C)CC(C)Oc1ccc(F)cc1. The fraction of sp³-hybridized carbons (Fsp3) is 0.500. The maximum absolute atomic E-state index is 12.6. The molecule has 0 heterocycles. The van der Waals surface area contributed by atoms with E-state index in [0.29, 0.717) is 11.8 Å². The van der Waals surface area contributed by atoms with Crippen LogP contribution in [0.4, 0.5) is 4.39 Å². The number of benzene rings is 1. The Hall–Kier alpha value is -1.09. The first-order valence-corrected chi connectivity index (χ1v) is 5.21. The van der Waals surface area contributed by atoms with Gasteiger partial charge in [-0.1, -0.05) is 0 Å². The lowest BCUT2D eigenvalue weighted by atomic mass is 10.1. The molecule has 1 N–H and O–H groups in total. The van der Waals surface area contributed by atoms with Crippen LogP contribution in [0.3, 0.4) is 0 Å². The molecule has 0 fully saturated rings. The summed E-state index contributed by atoms with van der Waals surface area (Å²) in [6.45, 7) is 4.11. The molecule has 0 aromatic heterocycles. The molecule has 0 aliphatic carbocycles. The van der Waals surface area contributed by atoms with Gasteiger partial charge < -0.3 is 10.1 Å². The summed E-state index contributed by atoms with van der Waals surface area (Å²) in [5.41, 5.74) is 0. The minimum atomic E-state index is -0.237. The second kappa shape index (κ2) is 5.71. The monoisotopic (exact) mass is 211 g/mol. The lowest BCUT2D eigenvalue weighted by Gasteiger charge is -2.18. The summed E-state index contributed by atoms with van der Waals surface area (Å²) < 4.78 is 18.3. The number of hydrogen-bond donors (Lipinski definition) is 1. The smallest absolute Gasteiger partial charge is 0.123 e. The van der Waals surface area contributed by atoms with E-state index >= 15 is 0 Å². The van der Waals surface area contributed by atoms with Crippen LogP contribution in [-0.4, -0.2) is 19.2 Å². The molecule has 15 heavy (non-hydrogen) atoms. The van der Waals surface area contributed by atoms with Crippen molar-refractivity contribution in [2.24, 2.45) is 0 Å². The first kappa shape index (κ1) is 12.0. The zero-order chi connectivity index (χ0) is 11.3. The summed E-state index contributed by atoms with van der Waals surface area (Å²) in [6.07, 6.45) is 1.05. The maximum atomic E-state index is 12.6. The van der Waals surface area contributed by atoms with Gasteiger partial charge in [0, 0.05) is 6.04 Å². The van der Waals surface area contributed by atoms with Crippen LogP contribution in [0.2, 0.25) is 0 Å². The Morgan fingerprint density at radius 1 is 1.27 bits per heavy atom. The van der Waals surface area contributed by atoms with Gasteiger partial charge in [-0.25, -0.2) is 4.39 Å². The van der Waals surface area contributed by atoms with Gasteiger partial charge in [0.05, 0.1) is 6.10 Å². The van der Waals surface area contributed by atoms with Gasteiger partial charge >= 0.3 is 0 Å². The highest BCUT2D eigenvalue weighted by Crippen LogP contribution is 2.14. The Morgan fingerprint density at radius 3 is 2.40 bits per heavy atom. The molecule has 2 atom stereocenters. The van der Waals surface area contributed by atoms with E-state index in [9.17, 15) is 4.39 Å². The topological polar surface area (TPSA) is 21.3 Å². The summed E-state index contributed by atoms with van der Waals surface area (Å²) >= 11 is 0. The van der Waals surface area contributed by atoms with Gasteiger partial charge in [-0.3, -0.25) is 0 Å². The third-order valence-corrected chi connectivity index (χ3v) is 2.33. The number of nitrogens with one attached hydrogen (secondary N) is 1. The van der Waals surface area contributed by atoms with E-state index in [2.05, 4.69) is 12.2 Å². The summed E-state index contributed by atoms with van der Waals surface area (Å²) in [5.74, 6) is 0.478. The summed E-state index contributed by atoms with van der Waals surface area (Å²) in [7, 11) is 1.93. The van der Waals surface area contributed by atoms with Crippen LogP contribution in [0.15, 0.2) is 24.3 Å². The van der Waals surface area contributed by atoms with Crippen molar-refractivity contribution in [2.75, 3.05) is 7.05 Å². The van der Waals surface area contributed by atoms with Gasteiger partial charge in [-0.15, -0.1) is 0 Å². The Labute approximate surface area is 90.4 Å². The van der Waals surface area contributed by atoms with Crippen molar-refractivity contribution in [1.82, 2.24) is 5.32 Å². The predicted molar refractivity (Wildman–Crippen MR) is 59.6 cm³/mol. The predicted octanol–water partition coefficient (Wildman–Crippen LogP) is 2.59. The zero-order valence-electron chi connectivity index (χ0n) is 9.46. The van der Waals surface area contributed by atoms with Gasteiger partial charge in [-0.2, -0.15) is 0 Å². The largest absolute Gasteiger partial charge is 0.491 e. The van der Waals surface area contributed by atoms with Crippen molar-refractivity contribution < 1.29 is 9.13 Å². The van der Waals surface area contributed by atoms with Crippen molar-refractivity contribution in [3.05, 3.63) is 30.1 Å². The molecular formula is C12H18FNO. The lowest BCUT2D eigenvalue weighted by Crippen LogP contribution is -2.28. The van der Waals surface area contributed by atoms with Crippen molar-refractivity contribution in [3.8, 4) is 5.75 Å². The van der Waals surface area contributed by atoms with Crippen LogP contribution in [0, 0.1) is 5.82 Å². The second-order valence-electron chi connectivity index (χ2n) is 3.81. The Balaban J connectivity index is 2.44. The highest BCUT2D eigenvalue weighted by atomic mass is 19.1. The maximum Gasteiger partial charge on any atom is 0.123 e. The van der Waals surface area contributed by atoms with E-state index in [4.69, 9.17) is 4.74 Å². The molecule has 0 aliphatic heterocycles. The van der Waals surface area contributed by atoms with E-state index in [0.717, 1.165) is 6.42 Å². The quantitative estimate of drug-likeness (QED) is 0.808. The first-order chi connectivity index (χ1) is 7.11. The van der Waals surface area contributed by atoms with Gasteiger partial charge in [-0.05, 0) is 51.6 Å².